The fraction of sp³-hybridized carbons (Fsp3) is 1.00. The van der Waals surface area contributed by atoms with Crippen LogP contribution in [0.4, 0.5) is 7.00 Å². The van der Waals surface area contributed by atoms with Crippen LogP contribution in [0.1, 0.15) is 12.8 Å². The second kappa shape index (κ2) is 1.73. The van der Waals surface area contributed by atoms with Crippen LogP contribution in [0.2, 0.25) is 10.5 Å². The molecule has 0 nitrogen and oxygen atoms in total. The average Bonchev–Trinajstić information content (AvgIpc) is 1.84. The van der Waals surface area contributed by atoms with Gasteiger partial charge in [-0.3, -0.25) is 0 Å². The van der Waals surface area contributed by atoms with E-state index in [1.54, 1.807) is 0 Å². The first-order valence-corrected chi connectivity index (χ1v) is 7.14. The summed E-state index contributed by atoms with van der Waals surface area (Å²) in [5, 5.41) is 0.611. The topological polar surface area (TPSA) is 0 Å². The maximum atomic E-state index is 12.1. The molecular weight excluding hydrogens is 159 g/mol. The van der Waals surface area contributed by atoms with Gasteiger partial charge in [-0.05, 0) is 0 Å². The quantitative estimate of drug-likeness (QED) is 0.484. The normalized spacial score (nSPS) is 28.3. The first-order chi connectivity index (χ1) is 3.21. The molecule has 1 saturated heterocycles. The van der Waals surface area contributed by atoms with Crippen molar-refractivity contribution in [3.05, 3.63) is 0 Å². The van der Waals surface area contributed by atoms with Crippen LogP contribution >= 0.6 is 0 Å². The van der Waals surface area contributed by atoms with Crippen molar-refractivity contribution in [1.29, 1.82) is 0 Å². The fourth-order valence-electron chi connectivity index (χ4n) is 0.892. The van der Waals surface area contributed by atoms with Gasteiger partial charge in [0.1, 0.15) is 0 Å². The van der Waals surface area contributed by atoms with Gasteiger partial charge in [-0.15, -0.1) is 0 Å². The SMILES string of the molecule is [F][Ge]1([F])[CH2]CC[CH2]1. The van der Waals surface area contributed by atoms with E-state index in [2.05, 4.69) is 0 Å². The molecule has 0 aromatic rings. The minimum atomic E-state index is -3.97. The van der Waals surface area contributed by atoms with Crippen LogP contribution in [0.5, 0.6) is 0 Å². The zero-order valence-electron chi connectivity index (χ0n) is 4.08. The van der Waals surface area contributed by atoms with Crippen LogP contribution in [0, 0.1) is 0 Å². The summed E-state index contributed by atoms with van der Waals surface area (Å²) in [7, 11) is 0. The first-order valence-electron chi connectivity index (χ1n) is 2.59. The maximum absolute atomic E-state index is 12.1. The molecule has 0 atom stereocenters. The molecule has 0 spiro atoms. The Balaban J connectivity index is 2.40. The third-order valence-electron chi connectivity index (χ3n) is 1.34. The predicted octanol–water partition coefficient (Wildman–Crippen LogP) is 2.16. The van der Waals surface area contributed by atoms with E-state index in [-0.39, 0.29) is 0 Å². The van der Waals surface area contributed by atoms with Crippen molar-refractivity contribution in [2.45, 2.75) is 23.3 Å². The second-order valence-corrected chi connectivity index (χ2v) is 7.75. The van der Waals surface area contributed by atoms with Crippen molar-refractivity contribution in [1.82, 2.24) is 0 Å². The van der Waals surface area contributed by atoms with Gasteiger partial charge in [-0.2, -0.15) is 0 Å². The molecule has 1 heterocycles. The second-order valence-electron chi connectivity index (χ2n) is 2.06. The summed E-state index contributed by atoms with van der Waals surface area (Å²) in [4.78, 5) is 0. The van der Waals surface area contributed by atoms with Crippen molar-refractivity contribution in [3.8, 4) is 0 Å². The van der Waals surface area contributed by atoms with Crippen molar-refractivity contribution in [2.75, 3.05) is 0 Å². The van der Waals surface area contributed by atoms with Gasteiger partial charge < -0.3 is 0 Å². The van der Waals surface area contributed by atoms with Crippen molar-refractivity contribution in [3.63, 3.8) is 0 Å². The zero-order valence-corrected chi connectivity index (χ0v) is 6.18. The van der Waals surface area contributed by atoms with E-state index < -0.39 is 14.2 Å². The summed E-state index contributed by atoms with van der Waals surface area (Å²) in [6.07, 6.45) is 1.60. The Bertz CT molecular complexity index is 64.1. The molecule has 0 N–H and O–H groups in total. The van der Waals surface area contributed by atoms with Gasteiger partial charge in [-0.25, -0.2) is 0 Å². The summed E-state index contributed by atoms with van der Waals surface area (Å²) in [6.45, 7) is 0. The number of rotatable bonds is 0. The molecule has 0 unspecified atom stereocenters. The Morgan fingerprint density at radius 1 is 1.00 bits per heavy atom. The van der Waals surface area contributed by atoms with Crippen LogP contribution in [-0.2, 0) is 0 Å². The van der Waals surface area contributed by atoms with E-state index in [9.17, 15) is 7.00 Å². The van der Waals surface area contributed by atoms with Crippen molar-refractivity contribution in [2.24, 2.45) is 0 Å². The molecule has 0 radical (unpaired) electrons. The van der Waals surface area contributed by atoms with E-state index in [1.807, 2.05) is 0 Å². The monoisotopic (exact) mass is 168 g/mol. The molecule has 0 aliphatic carbocycles. The molecule has 0 aromatic carbocycles. The molecule has 3 heteroatoms. The summed E-state index contributed by atoms with van der Waals surface area (Å²) in [5.41, 5.74) is 0. The summed E-state index contributed by atoms with van der Waals surface area (Å²) in [5.74, 6) is 0. The average molecular weight is 167 g/mol. The predicted molar refractivity (Wildman–Crippen MR) is 26.8 cm³/mol. The first kappa shape index (κ1) is 5.54. The van der Waals surface area contributed by atoms with E-state index in [4.69, 9.17) is 0 Å². The van der Waals surface area contributed by atoms with Crippen molar-refractivity contribution < 1.29 is 7.00 Å². The molecular formula is C4H8F2Ge. The molecule has 0 amide bonds. The summed E-state index contributed by atoms with van der Waals surface area (Å²) < 4.78 is 24.3. The molecule has 7 heavy (non-hydrogen) atoms. The zero-order chi connectivity index (χ0) is 5.33. The van der Waals surface area contributed by atoms with E-state index in [1.165, 1.54) is 0 Å². The van der Waals surface area contributed by atoms with E-state index in [0.717, 1.165) is 12.8 Å². The molecule has 0 aromatic heterocycles. The summed E-state index contributed by atoms with van der Waals surface area (Å²) in [6, 6.07) is 0. The molecule has 0 bridgehead atoms. The molecule has 42 valence electrons. The fourth-order valence-corrected chi connectivity index (χ4v) is 4.64. The molecule has 0 saturated carbocycles. The number of hydrogen-bond donors (Lipinski definition) is 0. The van der Waals surface area contributed by atoms with E-state index >= 15 is 0 Å². The Hall–Kier alpha value is 0.403. The standard InChI is InChI=1S/C4H8F2Ge/c5-7(6)3-1-2-4-7/h1-4H2. The van der Waals surface area contributed by atoms with Gasteiger partial charge in [0.15, 0.2) is 0 Å². The van der Waals surface area contributed by atoms with Crippen molar-refractivity contribution >= 4 is 14.2 Å². The van der Waals surface area contributed by atoms with Gasteiger partial charge in [-0.1, -0.05) is 0 Å². The van der Waals surface area contributed by atoms with E-state index in [0.29, 0.717) is 10.5 Å². The minimum absolute atomic E-state index is 0.306. The summed E-state index contributed by atoms with van der Waals surface area (Å²) >= 11 is -3.97. The Kier molecular flexibility index (Phi) is 1.37. The number of hydrogen-bond acceptors (Lipinski definition) is 0. The van der Waals surface area contributed by atoms with Gasteiger partial charge in [0.05, 0.1) is 0 Å². The van der Waals surface area contributed by atoms with Crippen LogP contribution in [0.25, 0.3) is 0 Å². The van der Waals surface area contributed by atoms with Gasteiger partial charge in [0.25, 0.3) is 0 Å². The van der Waals surface area contributed by atoms with Crippen LogP contribution < -0.4 is 0 Å². The van der Waals surface area contributed by atoms with Crippen LogP contribution in [0.3, 0.4) is 0 Å². The Labute approximate surface area is 45.2 Å². The third kappa shape index (κ3) is 1.40. The number of halogens is 2. The van der Waals surface area contributed by atoms with Crippen LogP contribution in [-0.4, -0.2) is 14.2 Å². The van der Waals surface area contributed by atoms with Gasteiger partial charge >= 0.3 is 44.5 Å². The molecule has 1 aliphatic rings. The van der Waals surface area contributed by atoms with Gasteiger partial charge in [0.2, 0.25) is 0 Å². The Morgan fingerprint density at radius 2 is 1.43 bits per heavy atom. The van der Waals surface area contributed by atoms with Gasteiger partial charge in [0, 0.05) is 0 Å². The molecule has 1 rings (SSSR count). The van der Waals surface area contributed by atoms with Crippen LogP contribution in [0.15, 0.2) is 0 Å². The Morgan fingerprint density at radius 3 is 1.57 bits per heavy atom. The molecule has 1 fully saturated rings. The molecule has 1 aliphatic heterocycles. The third-order valence-corrected chi connectivity index (χ3v) is 5.89.